The van der Waals surface area contributed by atoms with Crippen LogP contribution >= 0.6 is 0 Å². The number of hydrogen-bond donors (Lipinski definition) is 0. The van der Waals surface area contributed by atoms with Gasteiger partial charge in [-0.1, -0.05) is 34.1 Å². The van der Waals surface area contributed by atoms with Gasteiger partial charge in [0.25, 0.3) is 0 Å². The van der Waals surface area contributed by atoms with E-state index in [2.05, 4.69) is 27.7 Å². The first kappa shape index (κ1) is 9.96. The Morgan fingerprint density at radius 2 is 1.80 bits per heavy atom. The molecule has 0 spiro atoms. The van der Waals surface area contributed by atoms with Gasteiger partial charge in [0.15, 0.2) is 0 Å². The number of unbranched alkanes of at least 4 members (excludes halogenated alkanes) is 1. The first-order chi connectivity index (χ1) is 4.56. The summed E-state index contributed by atoms with van der Waals surface area (Å²) in [7, 11) is 0. The topological polar surface area (TPSA) is 9.23 Å². The van der Waals surface area contributed by atoms with Crippen LogP contribution in [0.4, 0.5) is 0 Å². The molecule has 0 aromatic carbocycles. The van der Waals surface area contributed by atoms with Crippen molar-refractivity contribution in [3.63, 3.8) is 0 Å². The van der Waals surface area contributed by atoms with E-state index in [9.17, 15) is 0 Å². The van der Waals surface area contributed by atoms with E-state index in [0.717, 1.165) is 13.2 Å². The summed E-state index contributed by atoms with van der Waals surface area (Å²) in [6.45, 7) is 10.6. The minimum atomic E-state index is 0.327. The van der Waals surface area contributed by atoms with Gasteiger partial charge < -0.3 is 4.74 Å². The Bertz CT molecular complexity index is 71.3. The maximum absolute atomic E-state index is 5.44. The average Bonchev–Trinajstić information content (AvgIpc) is 1.78. The molecule has 0 rings (SSSR count). The molecule has 62 valence electrons. The quantitative estimate of drug-likeness (QED) is 0.551. The predicted octanol–water partition coefficient (Wildman–Crippen LogP) is 2.85. The van der Waals surface area contributed by atoms with Gasteiger partial charge in [-0.05, 0) is 11.8 Å². The van der Waals surface area contributed by atoms with Gasteiger partial charge in [0.05, 0.1) is 6.61 Å². The van der Waals surface area contributed by atoms with Crippen LogP contribution < -0.4 is 0 Å². The van der Waals surface area contributed by atoms with Gasteiger partial charge in [0.1, 0.15) is 0 Å². The first-order valence-electron chi connectivity index (χ1n) is 4.14. The van der Waals surface area contributed by atoms with Crippen LogP contribution in [0.5, 0.6) is 0 Å². The SMILES string of the molecule is CCCCOCC(C)(C)C. The Hall–Kier alpha value is -0.0400. The smallest absolute Gasteiger partial charge is 0.0514 e. The molecule has 0 radical (unpaired) electrons. The highest BCUT2D eigenvalue weighted by molar-refractivity contribution is 4.58. The zero-order valence-electron chi connectivity index (χ0n) is 7.74. The Labute approximate surface area is 64.8 Å². The van der Waals surface area contributed by atoms with Gasteiger partial charge >= 0.3 is 0 Å². The van der Waals surface area contributed by atoms with Crippen LogP contribution in [0.15, 0.2) is 0 Å². The van der Waals surface area contributed by atoms with Crippen molar-refractivity contribution in [3.8, 4) is 0 Å². The molecule has 0 heterocycles. The van der Waals surface area contributed by atoms with E-state index in [1.165, 1.54) is 12.8 Å². The lowest BCUT2D eigenvalue weighted by Gasteiger charge is -2.17. The molecular formula is C9H20O. The van der Waals surface area contributed by atoms with Gasteiger partial charge in [-0.25, -0.2) is 0 Å². The Kier molecular flexibility index (Phi) is 4.71. The number of ether oxygens (including phenoxy) is 1. The third-order valence-electron chi connectivity index (χ3n) is 1.18. The molecule has 0 aliphatic rings. The second-order valence-electron chi connectivity index (χ2n) is 3.97. The van der Waals surface area contributed by atoms with E-state index >= 15 is 0 Å². The third kappa shape index (κ3) is 7.96. The van der Waals surface area contributed by atoms with E-state index in [1.54, 1.807) is 0 Å². The lowest BCUT2D eigenvalue weighted by molar-refractivity contribution is 0.0694. The van der Waals surface area contributed by atoms with Crippen LogP contribution in [0.1, 0.15) is 40.5 Å². The summed E-state index contributed by atoms with van der Waals surface area (Å²) in [6.07, 6.45) is 2.42. The van der Waals surface area contributed by atoms with Crippen LogP contribution in [0.3, 0.4) is 0 Å². The molecule has 0 unspecified atom stereocenters. The fourth-order valence-electron chi connectivity index (χ4n) is 0.625. The highest BCUT2D eigenvalue weighted by atomic mass is 16.5. The van der Waals surface area contributed by atoms with Crippen molar-refractivity contribution in [1.29, 1.82) is 0 Å². The highest BCUT2D eigenvalue weighted by Crippen LogP contribution is 2.12. The molecule has 1 nitrogen and oxygen atoms in total. The Balaban J connectivity index is 3.04. The maximum Gasteiger partial charge on any atom is 0.0514 e. The van der Waals surface area contributed by atoms with Crippen LogP contribution in [0.25, 0.3) is 0 Å². The van der Waals surface area contributed by atoms with Crippen molar-refractivity contribution in [2.75, 3.05) is 13.2 Å². The van der Waals surface area contributed by atoms with Crippen molar-refractivity contribution in [3.05, 3.63) is 0 Å². The van der Waals surface area contributed by atoms with Gasteiger partial charge in [0.2, 0.25) is 0 Å². The van der Waals surface area contributed by atoms with Crippen LogP contribution in [-0.4, -0.2) is 13.2 Å². The Morgan fingerprint density at radius 1 is 1.20 bits per heavy atom. The molecule has 1 heteroatoms. The van der Waals surface area contributed by atoms with E-state index in [1.807, 2.05) is 0 Å². The minimum absolute atomic E-state index is 0.327. The summed E-state index contributed by atoms with van der Waals surface area (Å²) >= 11 is 0. The number of hydrogen-bond acceptors (Lipinski definition) is 1. The molecule has 0 aliphatic carbocycles. The lowest BCUT2D eigenvalue weighted by Crippen LogP contribution is -2.14. The molecule has 0 N–H and O–H groups in total. The zero-order valence-corrected chi connectivity index (χ0v) is 7.74. The van der Waals surface area contributed by atoms with Crippen molar-refractivity contribution >= 4 is 0 Å². The van der Waals surface area contributed by atoms with E-state index in [0.29, 0.717) is 5.41 Å². The normalized spacial score (nSPS) is 12.0. The van der Waals surface area contributed by atoms with Gasteiger partial charge in [0, 0.05) is 6.61 Å². The van der Waals surface area contributed by atoms with Crippen molar-refractivity contribution < 1.29 is 4.74 Å². The summed E-state index contributed by atoms with van der Waals surface area (Å²) < 4.78 is 5.44. The monoisotopic (exact) mass is 144 g/mol. The molecule has 0 bridgehead atoms. The first-order valence-corrected chi connectivity index (χ1v) is 4.14. The predicted molar refractivity (Wildman–Crippen MR) is 45.2 cm³/mol. The molecule has 0 fully saturated rings. The van der Waals surface area contributed by atoms with Crippen molar-refractivity contribution in [2.45, 2.75) is 40.5 Å². The molecule has 10 heavy (non-hydrogen) atoms. The molecule has 0 saturated heterocycles. The van der Waals surface area contributed by atoms with Gasteiger partial charge in [-0.15, -0.1) is 0 Å². The van der Waals surface area contributed by atoms with E-state index in [-0.39, 0.29) is 0 Å². The van der Waals surface area contributed by atoms with Crippen molar-refractivity contribution in [2.24, 2.45) is 5.41 Å². The third-order valence-corrected chi connectivity index (χ3v) is 1.18. The fraction of sp³-hybridized carbons (Fsp3) is 1.00. The van der Waals surface area contributed by atoms with E-state index < -0.39 is 0 Å². The molecule has 0 atom stereocenters. The maximum atomic E-state index is 5.44. The summed E-state index contributed by atoms with van der Waals surface area (Å²) in [5.74, 6) is 0. The molecule has 0 aromatic rings. The van der Waals surface area contributed by atoms with Crippen LogP contribution in [0, 0.1) is 5.41 Å². The second kappa shape index (κ2) is 4.73. The molecule has 0 aliphatic heterocycles. The molecular weight excluding hydrogens is 124 g/mol. The molecule has 0 saturated carbocycles. The van der Waals surface area contributed by atoms with E-state index in [4.69, 9.17) is 4.74 Å². The molecule has 0 amide bonds. The summed E-state index contributed by atoms with van der Waals surface area (Å²) in [4.78, 5) is 0. The average molecular weight is 144 g/mol. The van der Waals surface area contributed by atoms with Gasteiger partial charge in [-0.3, -0.25) is 0 Å². The largest absolute Gasteiger partial charge is 0.381 e. The van der Waals surface area contributed by atoms with Gasteiger partial charge in [-0.2, -0.15) is 0 Å². The van der Waals surface area contributed by atoms with Crippen molar-refractivity contribution in [1.82, 2.24) is 0 Å². The zero-order chi connectivity index (χ0) is 8.04. The lowest BCUT2D eigenvalue weighted by atomic mass is 9.99. The Morgan fingerprint density at radius 3 is 2.20 bits per heavy atom. The molecule has 0 aromatic heterocycles. The second-order valence-corrected chi connectivity index (χ2v) is 3.97. The summed E-state index contributed by atoms with van der Waals surface area (Å²) in [6, 6.07) is 0. The fourth-order valence-corrected chi connectivity index (χ4v) is 0.625. The standard InChI is InChI=1S/C9H20O/c1-5-6-7-10-8-9(2,3)4/h5-8H2,1-4H3. The summed E-state index contributed by atoms with van der Waals surface area (Å²) in [5.41, 5.74) is 0.327. The number of rotatable bonds is 4. The van der Waals surface area contributed by atoms with Crippen LogP contribution in [-0.2, 0) is 4.74 Å². The minimum Gasteiger partial charge on any atom is -0.381 e. The highest BCUT2D eigenvalue weighted by Gasteiger charge is 2.08. The van der Waals surface area contributed by atoms with Crippen LogP contribution in [0.2, 0.25) is 0 Å². The summed E-state index contributed by atoms with van der Waals surface area (Å²) in [5, 5.41) is 0.